The first-order chi connectivity index (χ1) is 13.0. The van der Waals surface area contributed by atoms with Crippen molar-refractivity contribution < 1.29 is 9.59 Å². The van der Waals surface area contributed by atoms with Crippen molar-refractivity contribution in [3.63, 3.8) is 0 Å². The van der Waals surface area contributed by atoms with E-state index < -0.39 is 0 Å². The number of hydrogen-bond acceptors (Lipinski definition) is 4. The summed E-state index contributed by atoms with van der Waals surface area (Å²) < 4.78 is 0. The number of halogens is 2. The van der Waals surface area contributed by atoms with E-state index in [1.807, 2.05) is 18.2 Å². The third-order valence-corrected chi connectivity index (χ3v) is 5.12. The Balaban J connectivity index is 1.50. The highest BCUT2D eigenvalue weighted by Gasteiger charge is 2.12. The fourth-order valence-corrected chi connectivity index (χ4v) is 3.59. The van der Waals surface area contributed by atoms with Crippen LogP contribution in [0.25, 0.3) is 10.6 Å². The Hall–Kier alpha value is -2.41. The second-order valence-electron chi connectivity index (χ2n) is 5.70. The van der Waals surface area contributed by atoms with Gasteiger partial charge in [-0.15, -0.1) is 11.3 Å². The van der Waals surface area contributed by atoms with E-state index in [1.54, 1.807) is 35.7 Å². The van der Waals surface area contributed by atoms with Crippen LogP contribution in [0.15, 0.2) is 53.9 Å². The first-order valence-corrected chi connectivity index (χ1v) is 9.66. The highest BCUT2D eigenvalue weighted by molar-refractivity contribution is 7.13. The van der Waals surface area contributed by atoms with Crippen LogP contribution in [0.1, 0.15) is 11.3 Å². The predicted molar refractivity (Wildman–Crippen MR) is 108 cm³/mol. The third-order valence-electron chi connectivity index (χ3n) is 3.62. The summed E-state index contributed by atoms with van der Waals surface area (Å²) >= 11 is 13.4. The molecule has 27 heavy (non-hydrogen) atoms. The van der Waals surface area contributed by atoms with Gasteiger partial charge in [0.15, 0.2) is 0 Å². The first-order valence-electron chi connectivity index (χ1n) is 8.02. The van der Waals surface area contributed by atoms with Crippen molar-refractivity contribution in [3.05, 3.63) is 75.2 Å². The lowest BCUT2D eigenvalue weighted by Gasteiger charge is -2.07. The Kier molecular flexibility index (Phi) is 6.45. The van der Waals surface area contributed by atoms with Crippen LogP contribution in [0, 0.1) is 0 Å². The zero-order chi connectivity index (χ0) is 19.2. The van der Waals surface area contributed by atoms with Crippen LogP contribution in [-0.2, 0) is 22.4 Å². The first kappa shape index (κ1) is 19.4. The van der Waals surface area contributed by atoms with Crippen molar-refractivity contribution in [3.8, 4) is 10.6 Å². The van der Waals surface area contributed by atoms with Gasteiger partial charge in [0.25, 0.3) is 0 Å². The monoisotopic (exact) mass is 419 g/mol. The zero-order valence-corrected chi connectivity index (χ0v) is 16.4. The second kappa shape index (κ2) is 8.99. The van der Waals surface area contributed by atoms with E-state index in [9.17, 15) is 9.59 Å². The smallest absolute Gasteiger partial charge is 0.244 e. The molecular weight excluding hydrogens is 405 g/mol. The molecule has 2 N–H and O–H groups in total. The average molecular weight is 420 g/mol. The molecule has 0 bridgehead atoms. The van der Waals surface area contributed by atoms with Crippen LogP contribution < -0.4 is 10.9 Å². The molecule has 0 radical (unpaired) electrons. The summed E-state index contributed by atoms with van der Waals surface area (Å²) in [6.07, 6.45) is 0.201. The molecular formula is C19H15Cl2N3O2S. The normalized spacial score (nSPS) is 10.4. The van der Waals surface area contributed by atoms with Crippen molar-refractivity contribution in [1.82, 2.24) is 15.8 Å². The van der Waals surface area contributed by atoms with Gasteiger partial charge in [-0.3, -0.25) is 20.4 Å². The maximum atomic E-state index is 12.0. The van der Waals surface area contributed by atoms with E-state index in [-0.39, 0.29) is 24.7 Å². The van der Waals surface area contributed by atoms with E-state index in [0.29, 0.717) is 15.7 Å². The Bertz CT molecular complexity index is 958. The molecule has 0 unspecified atom stereocenters. The molecule has 0 aliphatic heterocycles. The van der Waals surface area contributed by atoms with Crippen LogP contribution >= 0.6 is 34.5 Å². The number of carbonyl (C=O) groups is 2. The molecule has 2 amide bonds. The van der Waals surface area contributed by atoms with E-state index in [0.717, 1.165) is 16.1 Å². The molecule has 8 heteroatoms. The minimum Gasteiger partial charge on any atom is -0.273 e. The van der Waals surface area contributed by atoms with Crippen molar-refractivity contribution in [2.24, 2.45) is 0 Å². The highest BCUT2D eigenvalue weighted by Crippen LogP contribution is 2.30. The lowest BCUT2D eigenvalue weighted by Crippen LogP contribution is -2.43. The maximum Gasteiger partial charge on any atom is 0.244 e. The fourth-order valence-electron chi connectivity index (χ4n) is 2.33. The zero-order valence-electron chi connectivity index (χ0n) is 14.0. The number of nitrogens with one attached hydrogen (secondary N) is 2. The summed E-state index contributed by atoms with van der Waals surface area (Å²) in [5.41, 5.74) is 7.03. The van der Waals surface area contributed by atoms with Crippen molar-refractivity contribution in [1.29, 1.82) is 0 Å². The summed E-state index contributed by atoms with van der Waals surface area (Å²) in [6.45, 7) is 0. The number of benzene rings is 2. The maximum absolute atomic E-state index is 12.0. The van der Waals surface area contributed by atoms with Gasteiger partial charge in [0, 0.05) is 16.0 Å². The lowest BCUT2D eigenvalue weighted by molar-refractivity contribution is -0.128. The van der Waals surface area contributed by atoms with Gasteiger partial charge in [-0.1, -0.05) is 53.5 Å². The molecule has 0 fully saturated rings. The van der Waals surface area contributed by atoms with Gasteiger partial charge in [0.05, 0.1) is 23.6 Å². The third kappa shape index (κ3) is 5.53. The van der Waals surface area contributed by atoms with Gasteiger partial charge in [-0.05, 0) is 23.8 Å². The van der Waals surface area contributed by atoms with Crippen LogP contribution in [0.3, 0.4) is 0 Å². The molecule has 0 spiro atoms. The molecule has 0 aliphatic carbocycles. The van der Waals surface area contributed by atoms with E-state index in [4.69, 9.17) is 23.2 Å². The van der Waals surface area contributed by atoms with E-state index >= 15 is 0 Å². The number of carbonyl (C=O) groups excluding carboxylic acids is 2. The van der Waals surface area contributed by atoms with Crippen molar-refractivity contribution >= 4 is 46.4 Å². The number of thiazole rings is 1. The Morgan fingerprint density at radius 1 is 0.926 bits per heavy atom. The average Bonchev–Trinajstić information content (AvgIpc) is 3.10. The largest absolute Gasteiger partial charge is 0.273 e. The van der Waals surface area contributed by atoms with Crippen molar-refractivity contribution in [2.75, 3.05) is 0 Å². The topological polar surface area (TPSA) is 71.1 Å². The number of hydrogen-bond donors (Lipinski definition) is 2. The molecule has 0 aliphatic rings. The minimum atomic E-state index is -0.351. The molecule has 0 saturated carbocycles. The fraction of sp³-hybridized carbons (Fsp3) is 0.105. The Labute approximate surface area is 170 Å². The van der Waals surface area contributed by atoms with E-state index in [1.165, 1.54) is 11.3 Å². The molecule has 2 aromatic carbocycles. The van der Waals surface area contributed by atoms with Crippen LogP contribution in [-0.4, -0.2) is 16.8 Å². The number of amides is 2. The number of nitrogens with zero attached hydrogens (tertiary/aromatic N) is 1. The lowest BCUT2D eigenvalue weighted by atomic mass is 10.1. The number of aromatic nitrogens is 1. The molecule has 5 nitrogen and oxygen atoms in total. The van der Waals surface area contributed by atoms with Crippen LogP contribution in [0.5, 0.6) is 0 Å². The SMILES string of the molecule is O=C(Cc1ccc(Cl)cc1)NNC(=O)Cc1csc(-c2ccccc2Cl)n1. The van der Waals surface area contributed by atoms with Gasteiger partial charge >= 0.3 is 0 Å². The summed E-state index contributed by atoms with van der Waals surface area (Å²) in [5, 5.41) is 3.76. The standard InChI is InChI=1S/C19H15Cl2N3O2S/c20-13-7-5-12(6-8-13)9-17(25)23-24-18(26)10-14-11-27-19(22-14)15-3-1-2-4-16(15)21/h1-8,11H,9-10H2,(H,23,25)(H,24,26). The van der Waals surface area contributed by atoms with Crippen LogP contribution in [0.4, 0.5) is 0 Å². The van der Waals surface area contributed by atoms with Gasteiger partial charge < -0.3 is 0 Å². The minimum absolute atomic E-state index is 0.0577. The Morgan fingerprint density at radius 2 is 1.59 bits per heavy atom. The van der Waals surface area contributed by atoms with Gasteiger partial charge in [0.2, 0.25) is 11.8 Å². The molecule has 0 saturated heterocycles. The van der Waals surface area contributed by atoms with Crippen molar-refractivity contribution in [2.45, 2.75) is 12.8 Å². The molecule has 1 aromatic heterocycles. The molecule has 3 rings (SSSR count). The quantitative estimate of drug-likeness (QED) is 0.612. The number of rotatable bonds is 5. The number of hydrazine groups is 1. The summed E-state index contributed by atoms with van der Waals surface area (Å²) in [7, 11) is 0. The van der Waals surface area contributed by atoms with E-state index in [2.05, 4.69) is 15.8 Å². The molecule has 0 atom stereocenters. The predicted octanol–water partition coefficient (Wildman–Crippen LogP) is 4.05. The van der Waals surface area contributed by atoms with Gasteiger partial charge in [-0.25, -0.2) is 4.98 Å². The Morgan fingerprint density at radius 3 is 2.30 bits per heavy atom. The second-order valence-corrected chi connectivity index (χ2v) is 7.40. The van der Waals surface area contributed by atoms with Crippen LogP contribution in [0.2, 0.25) is 10.0 Å². The van der Waals surface area contributed by atoms with Gasteiger partial charge in [0.1, 0.15) is 5.01 Å². The molecule has 138 valence electrons. The van der Waals surface area contributed by atoms with Gasteiger partial charge in [-0.2, -0.15) is 0 Å². The molecule has 3 aromatic rings. The summed E-state index contributed by atoms with van der Waals surface area (Å²) in [5.74, 6) is -0.670. The summed E-state index contributed by atoms with van der Waals surface area (Å²) in [6, 6.07) is 14.3. The highest BCUT2D eigenvalue weighted by atomic mass is 35.5. The summed E-state index contributed by atoms with van der Waals surface area (Å²) in [4.78, 5) is 28.3. The molecule has 1 heterocycles.